The number of hydrogen-bond acceptors (Lipinski definition) is 3. The number of carbonyl (C=O) groups excluding carboxylic acids is 2. The smallest absolute Gasteiger partial charge is 0.251 e. The van der Waals surface area contributed by atoms with Crippen LogP contribution in [0.5, 0.6) is 0 Å². The molecule has 3 N–H and O–H groups in total. The molecule has 0 unspecified atom stereocenters. The molecule has 1 aromatic carbocycles. The van der Waals surface area contributed by atoms with Crippen molar-refractivity contribution in [3.63, 3.8) is 0 Å². The maximum atomic E-state index is 12.2. The van der Waals surface area contributed by atoms with Crippen LogP contribution in [0.1, 0.15) is 29.8 Å². The van der Waals surface area contributed by atoms with Gasteiger partial charge in [0.25, 0.3) is 11.8 Å². The summed E-state index contributed by atoms with van der Waals surface area (Å²) in [5.41, 5.74) is 4.03. The average Bonchev–Trinajstić information content (AvgIpc) is 2.39. The van der Waals surface area contributed by atoms with Crippen LogP contribution in [-0.4, -0.2) is 31.4 Å². The van der Waals surface area contributed by atoms with Crippen molar-refractivity contribution in [2.24, 2.45) is 0 Å². The maximum Gasteiger partial charge on any atom is 0.251 e. The van der Waals surface area contributed by atoms with Crippen molar-refractivity contribution in [2.75, 3.05) is 25.0 Å². The highest BCUT2D eigenvalue weighted by Gasteiger charge is 2.17. The van der Waals surface area contributed by atoms with Gasteiger partial charge in [-0.3, -0.25) is 9.59 Å². The van der Waals surface area contributed by atoms with E-state index in [1.807, 2.05) is 26.8 Å². The van der Waals surface area contributed by atoms with Gasteiger partial charge in [0.2, 0.25) is 0 Å². The van der Waals surface area contributed by atoms with Crippen molar-refractivity contribution in [3.8, 4) is 0 Å². The lowest BCUT2D eigenvalue weighted by molar-refractivity contribution is -0.112. The van der Waals surface area contributed by atoms with Crippen LogP contribution in [0.3, 0.4) is 0 Å². The molecule has 1 fully saturated rings. The summed E-state index contributed by atoms with van der Waals surface area (Å²) in [6.45, 7) is 7.73. The van der Waals surface area contributed by atoms with Crippen molar-refractivity contribution < 1.29 is 9.59 Å². The Labute approximate surface area is 124 Å². The average molecular weight is 287 g/mol. The van der Waals surface area contributed by atoms with Gasteiger partial charge in [0, 0.05) is 36.5 Å². The SMILES string of the molecule is CCNC(=O)c1ccc(C)c(NC(=O)C(C)=C2CNC2)c1. The van der Waals surface area contributed by atoms with Crippen molar-refractivity contribution >= 4 is 17.5 Å². The lowest BCUT2D eigenvalue weighted by atomic mass is 10.0. The van der Waals surface area contributed by atoms with Gasteiger partial charge in [-0.05, 0) is 44.0 Å². The maximum absolute atomic E-state index is 12.2. The number of aryl methyl sites for hydroxylation is 1. The highest BCUT2D eigenvalue weighted by molar-refractivity contribution is 6.05. The highest BCUT2D eigenvalue weighted by Crippen LogP contribution is 2.19. The summed E-state index contributed by atoms with van der Waals surface area (Å²) in [5.74, 6) is -0.242. The van der Waals surface area contributed by atoms with E-state index in [1.165, 1.54) is 0 Å². The Balaban J connectivity index is 2.17. The topological polar surface area (TPSA) is 70.2 Å². The third-order valence-electron chi connectivity index (χ3n) is 3.63. The monoisotopic (exact) mass is 287 g/mol. The normalized spacial score (nSPS) is 13.4. The number of anilines is 1. The second-order valence-electron chi connectivity index (χ2n) is 5.18. The Morgan fingerprint density at radius 3 is 2.57 bits per heavy atom. The van der Waals surface area contributed by atoms with Crippen LogP contribution in [0.15, 0.2) is 29.3 Å². The van der Waals surface area contributed by atoms with Crippen molar-refractivity contribution in [1.29, 1.82) is 0 Å². The fourth-order valence-electron chi connectivity index (χ4n) is 2.05. The fraction of sp³-hybridized carbons (Fsp3) is 0.375. The first kappa shape index (κ1) is 15.3. The molecule has 2 rings (SSSR count). The first-order chi connectivity index (χ1) is 10.0. The highest BCUT2D eigenvalue weighted by atomic mass is 16.2. The van der Waals surface area contributed by atoms with Gasteiger partial charge < -0.3 is 16.0 Å². The predicted molar refractivity (Wildman–Crippen MR) is 83.4 cm³/mol. The quantitative estimate of drug-likeness (QED) is 0.737. The van der Waals surface area contributed by atoms with Crippen molar-refractivity contribution in [1.82, 2.24) is 10.6 Å². The number of hydrogen-bond donors (Lipinski definition) is 3. The molecule has 1 aromatic rings. The molecule has 0 radical (unpaired) electrons. The minimum absolute atomic E-state index is 0.109. The molecule has 21 heavy (non-hydrogen) atoms. The number of benzene rings is 1. The van der Waals surface area contributed by atoms with Crippen LogP contribution in [-0.2, 0) is 4.79 Å². The molecule has 0 atom stereocenters. The summed E-state index contributed by atoms with van der Waals surface area (Å²) in [4.78, 5) is 24.1. The molecule has 112 valence electrons. The zero-order valence-electron chi connectivity index (χ0n) is 12.7. The Kier molecular flexibility index (Phi) is 4.75. The van der Waals surface area contributed by atoms with E-state index in [4.69, 9.17) is 0 Å². The lowest BCUT2D eigenvalue weighted by Crippen LogP contribution is -2.36. The van der Waals surface area contributed by atoms with Crippen LogP contribution in [0.2, 0.25) is 0 Å². The molecule has 0 aliphatic carbocycles. The Bertz CT molecular complexity index is 600. The molecule has 2 amide bonds. The lowest BCUT2D eigenvalue weighted by Gasteiger charge is -2.21. The molecular weight excluding hydrogens is 266 g/mol. The van der Waals surface area contributed by atoms with Gasteiger partial charge in [-0.25, -0.2) is 0 Å². The zero-order valence-corrected chi connectivity index (χ0v) is 12.7. The van der Waals surface area contributed by atoms with E-state index in [0.717, 1.165) is 29.8 Å². The van der Waals surface area contributed by atoms with E-state index in [-0.39, 0.29) is 11.8 Å². The summed E-state index contributed by atoms with van der Waals surface area (Å²) in [7, 11) is 0. The summed E-state index contributed by atoms with van der Waals surface area (Å²) in [5, 5.41) is 8.76. The number of amides is 2. The largest absolute Gasteiger partial charge is 0.352 e. The number of nitrogens with one attached hydrogen (secondary N) is 3. The van der Waals surface area contributed by atoms with Gasteiger partial charge in [0.15, 0.2) is 0 Å². The van der Waals surface area contributed by atoms with E-state index < -0.39 is 0 Å². The predicted octanol–water partition coefficient (Wildman–Crippen LogP) is 1.60. The van der Waals surface area contributed by atoms with Crippen molar-refractivity contribution in [3.05, 3.63) is 40.5 Å². The van der Waals surface area contributed by atoms with Gasteiger partial charge in [-0.2, -0.15) is 0 Å². The molecule has 0 aromatic heterocycles. The molecule has 1 aliphatic heterocycles. The zero-order chi connectivity index (χ0) is 15.4. The second-order valence-corrected chi connectivity index (χ2v) is 5.18. The standard InChI is InChI=1S/C16H21N3O2/c1-4-18-16(21)12-6-5-10(2)14(7-12)19-15(20)11(3)13-8-17-9-13/h5-7,17H,4,8-9H2,1-3H3,(H,18,21)(H,19,20). The molecule has 0 spiro atoms. The second kappa shape index (κ2) is 6.54. The molecule has 1 heterocycles. The molecule has 1 saturated heterocycles. The Morgan fingerprint density at radius 2 is 2.00 bits per heavy atom. The van der Waals surface area contributed by atoms with Gasteiger partial charge in [-0.1, -0.05) is 6.07 Å². The van der Waals surface area contributed by atoms with E-state index in [9.17, 15) is 9.59 Å². The summed E-state index contributed by atoms with van der Waals surface area (Å²) >= 11 is 0. The molecule has 5 nitrogen and oxygen atoms in total. The fourth-order valence-corrected chi connectivity index (χ4v) is 2.05. The number of carbonyl (C=O) groups is 2. The van der Waals surface area contributed by atoms with E-state index >= 15 is 0 Å². The van der Waals surface area contributed by atoms with Gasteiger partial charge in [0.1, 0.15) is 0 Å². The first-order valence-electron chi connectivity index (χ1n) is 7.12. The molecular formula is C16H21N3O2. The van der Waals surface area contributed by atoms with E-state index in [2.05, 4.69) is 16.0 Å². The first-order valence-corrected chi connectivity index (χ1v) is 7.12. The minimum atomic E-state index is -0.133. The van der Waals surface area contributed by atoms with Crippen LogP contribution >= 0.6 is 0 Å². The third-order valence-corrected chi connectivity index (χ3v) is 3.63. The van der Waals surface area contributed by atoms with E-state index in [1.54, 1.807) is 12.1 Å². The van der Waals surface area contributed by atoms with Crippen LogP contribution in [0.25, 0.3) is 0 Å². The van der Waals surface area contributed by atoms with Gasteiger partial charge >= 0.3 is 0 Å². The summed E-state index contributed by atoms with van der Waals surface area (Å²) in [6, 6.07) is 5.32. The van der Waals surface area contributed by atoms with Crippen LogP contribution in [0, 0.1) is 6.92 Å². The van der Waals surface area contributed by atoms with Gasteiger partial charge in [0.05, 0.1) is 0 Å². The van der Waals surface area contributed by atoms with E-state index in [0.29, 0.717) is 17.8 Å². The molecule has 0 saturated carbocycles. The molecule has 0 bridgehead atoms. The number of rotatable bonds is 4. The minimum Gasteiger partial charge on any atom is -0.352 e. The van der Waals surface area contributed by atoms with Crippen molar-refractivity contribution in [2.45, 2.75) is 20.8 Å². The third kappa shape index (κ3) is 3.49. The molecule has 5 heteroatoms. The Morgan fingerprint density at radius 1 is 1.29 bits per heavy atom. The summed E-state index contributed by atoms with van der Waals surface area (Å²) < 4.78 is 0. The van der Waals surface area contributed by atoms with Crippen LogP contribution in [0.4, 0.5) is 5.69 Å². The van der Waals surface area contributed by atoms with Gasteiger partial charge in [-0.15, -0.1) is 0 Å². The van der Waals surface area contributed by atoms with Crippen LogP contribution < -0.4 is 16.0 Å². The molecule has 1 aliphatic rings. The Hall–Kier alpha value is -2.14. The summed E-state index contributed by atoms with van der Waals surface area (Å²) in [6.07, 6.45) is 0.